The fourth-order valence-corrected chi connectivity index (χ4v) is 4.33. The van der Waals surface area contributed by atoms with Gasteiger partial charge in [0.15, 0.2) is 0 Å². The zero-order valence-corrected chi connectivity index (χ0v) is 16.4. The lowest BCUT2D eigenvalue weighted by Gasteiger charge is -2.49. The Hall–Kier alpha value is -1.85. The van der Waals surface area contributed by atoms with Crippen LogP contribution in [0.1, 0.15) is 40.5 Å². The van der Waals surface area contributed by atoms with Crippen molar-refractivity contribution in [3.8, 4) is 0 Å². The number of anilines is 1. The maximum Gasteiger partial charge on any atom is 0.246 e. The molecule has 142 valence electrons. The fourth-order valence-electron chi connectivity index (χ4n) is 4.33. The van der Waals surface area contributed by atoms with E-state index in [2.05, 4.69) is 17.0 Å². The average Bonchev–Trinajstić information content (AvgIpc) is 2.60. The second-order valence-corrected chi connectivity index (χ2v) is 8.74. The summed E-state index contributed by atoms with van der Waals surface area (Å²) in [4.78, 5) is 17.0. The molecule has 0 aliphatic carbocycles. The van der Waals surface area contributed by atoms with Crippen LogP contribution in [0.15, 0.2) is 42.0 Å². The van der Waals surface area contributed by atoms with Crippen LogP contribution in [0.2, 0.25) is 0 Å². The molecule has 2 fully saturated rings. The molecule has 2 heterocycles. The largest absolute Gasteiger partial charge is 0.368 e. The molecular formula is C21H31N3O2. The number of carbonyl (C=O) groups excluding carboxylic acids is 1. The van der Waals surface area contributed by atoms with Gasteiger partial charge in [0.05, 0.1) is 0 Å². The summed E-state index contributed by atoms with van der Waals surface area (Å²) in [6, 6.07) is 10.4. The van der Waals surface area contributed by atoms with E-state index < -0.39 is 0 Å². The normalized spacial score (nSPS) is 23.0. The van der Waals surface area contributed by atoms with Gasteiger partial charge in [-0.2, -0.15) is 5.06 Å². The summed E-state index contributed by atoms with van der Waals surface area (Å²) in [7, 11) is 0. The lowest BCUT2D eigenvalue weighted by molar-refractivity contribution is -0.232. The molecule has 1 N–H and O–H groups in total. The zero-order valence-electron chi connectivity index (χ0n) is 16.4. The number of hydrogen-bond acceptors (Lipinski definition) is 4. The summed E-state index contributed by atoms with van der Waals surface area (Å²) in [5.41, 5.74) is 1.62. The quantitative estimate of drug-likeness (QED) is 0.825. The van der Waals surface area contributed by atoms with Gasteiger partial charge in [0.1, 0.15) is 0 Å². The van der Waals surface area contributed by atoms with Gasteiger partial charge in [-0.05, 0) is 52.7 Å². The van der Waals surface area contributed by atoms with E-state index in [4.69, 9.17) is 0 Å². The highest BCUT2D eigenvalue weighted by Gasteiger charge is 2.43. The van der Waals surface area contributed by atoms with Crippen molar-refractivity contribution in [2.24, 2.45) is 0 Å². The molecule has 3 rings (SSSR count). The van der Waals surface area contributed by atoms with Crippen molar-refractivity contribution < 1.29 is 10.0 Å². The fraction of sp³-hybridized carbons (Fsp3) is 0.571. The number of carbonyl (C=O) groups is 1. The molecule has 0 bridgehead atoms. The molecule has 2 saturated heterocycles. The molecule has 1 aromatic rings. The van der Waals surface area contributed by atoms with Crippen LogP contribution >= 0.6 is 0 Å². The SMILES string of the molecule is CC1(C)CC(=CC(=O)N2CCN(c3ccccc3)CC2)CC(C)(C)N1O. The highest BCUT2D eigenvalue weighted by atomic mass is 16.5. The van der Waals surface area contributed by atoms with Gasteiger partial charge < -0.3 is 15.0 Å². The number of benzene rings is 1. The van der Waals surface area contributed by atoms with Crippen LogP contribution in [0, 0.1) is 0 Å². The van der Waals surface area contributed by atoms with Gasteiger partial charge in [-0.1, -0.05) is 23.8 Å². The summed E-state index contributed by atoms with van der Waals surface area (Å²) in [5, 5.41) is 11.9. The van der Waals surface area contributed by atoms with E-state index in [1.54, 1.807) is 0 Å². The van der Waals surface area contributed by atoms with Crippen LogP contribution in [0.4, 0.5) is 5.69 Å². The van der Waals surface area contributed by atoms with Crippen molar-refractivity contribution in [1.29, 1.82) is 0 Å². The number of hydroxylamine groups is 2. The number of para-hydroxylation sites is 1. The summed E-state index contributed by atoms with van der Waals surface area (Å²) in [5.74, 6) is 0.103. The zero-order chi connectivity index (χ0) is 18.9. The maximum absolute atomic E-state index is 12.8. The van der Waals surface area contributed by atoms with Gasteiger partial charge >= 0.3 is 0 Å². The van der Waals surface area contributed by atoms with Crippen molar-refractivity contribution in [3.05, 3.63) is 42.0 Å². The first-order chi connectivity index (χ1) is 12.2. The Bertz CT molecular complexity index is 654. The minimum Gasteiger partial charge on any atom is -0.368 e. The first kappa shape index (κ1) is 18.9. The first-order valence-electron chi connectivity index (χ1n) is 9.47. The Morgan fingerprint density at radius 3 is 2.04 bits per heavy atom. The van der Waals surface area contributed by atoms with E-state index >= 15 is 0 Å². The Labute approximate surface area is 156 Å². The Morgan fingerprint density at radius 1 is 0.962 bits per heavy atom. The van der Waals surface area contributed by atoms with Crippen molar-refractivity contribution >= 4 is 11.6 Å². The van der Waals surface area contributed by atoms with E-state index in [1.807, 2.05) is 56.9 Å². The Balaban J connectivity index is 1.63. The van der Waals surface area contributed by atoms with Crippen molar-refractivity contribution in [3.63, 3.8) is 0 Å². The van der Waals surface area contributed by atoms with Crippen molar-refractivity contribution in [1.82, 2.24) is 9.96 Å². The van der Waals surface area contributed by atoms with Gasteiger partial charge in [0.25, 0.3) is 0 Å². The standard InChI is InChI=1S/C21H31N3O2/c1-20(2)15-17(16-21(3,4)24(20)26)14-19(25)23-12-10-22(11-13-23)18-8-6-5-7-9-18/h5-9,14,26H,10-13,15-16H2,1-4H3. The Morgan fingerprint density at radius 2 is 1.50 bits per heavy atom. The van der Waals surface area contributed by atoms with Crippen LogP contribution in [-0.2, 0) is 4.79 Å². The van der Waals surface area contributed by atoms with E-state index in [9.17, 15) is 10.0 Å². The third kappa shape index (κ3) is 3.94. The molecule has 2 aliphatic rings. The van der Waals surface area contributed by atoms with Gasteiger partial charge in [-0.3, -0.25) is 4.79 Å². The molecule has 1 aromatic carbocycles. The summed E-state index contributed by atoms with van der Waals surface area (Å²) >= 11 is 0. The van der Waals surface area contributed by atoms with Gasteiger partial charge in [0.2, 0.25) is 5.91 Å². The Kier molecular flexibility index (Phi) is 5.13. The monoisotopic (exact) mass is 357 g/mol. The van der Waals surface area contributed by atoms with Crippen LogP contribution in [-0.4, -0.2) is 58.3 Å². The lowest BCUT2D eigenvalue weighted by Crippen LogP contribution is -2.57. The number of rotatable bonds is 2. The molecule has 5 nitrogen and oxygen atoms in total. The topological polar surface area (TPSA) is 47.0 Å². The van der Waals surface area contributed by atoms with Crippen molar-refractivity contribution in [2.45, 2.75) is 51.6 Å². The summed E-state index contributed by atoms with van der Waals surface area (Å²) in [6.07, 6.45) is 3.24. The van der Waals surface area contributed by atoms with Gasteiger partial charge in [0, 0.05) is 49.0 Å². The molecule has 1 amide bonds. The number of nitrogens with zero attached hydrogens (tertiary/aromatic N) is 3. The number of hydrogen-bond donors (Lipinski definition) is 1. The molecule has 0 radical (unpaired) electrons. The van der Waals surface area contributed by atoms with Gasteiger partial charge in [-0.25, -0.2) is 0 Å². The third-order valence-electron chi connectivity index (χ3n) is 5.51. The molecule has 2 aliphatic heterocycles. The molecule has 0 unspecified atom stereocenters. The molecule has 26 heavy (non-hydrogen) atoms. The predicted octanol–water partition coefficient (Wildman–Crippen LogP) is 3.30. The van der Waals surface area contributed by atoms with Crippen molar-refractivity contribution in [2.75, 3.05) is 31.1 Å². The number of amides is 1. The van der Waals surface area contributed by atoms with Crippen LogP contribution in [0.3, 0.4) is 0 Å². The first-order valence-corrected chi connectivity index (χ1v) is 9.47. The van der Waals surface area contributed by atoms with E-state index in [-0.39, 0.29) is 17.0 Å². The molecule has 0 spiro atoms. The van der Waals surface area contributed by atoms with Gasteiger partial charge in [-0.15, -0.1) is 0 Å². The third-order valence-corrected chi connectivity index (χ3v) is 5.51. The van der Waals surface area contributed by atoms with Crippen LogP contribution in [0.5, 0.6) is 0 Å². The van der Waals surface area contributed by atoms with Crippen LogP contribution in [0.25, 0.3) is 0 Å². The highest BCUT2D eigenvalue weighted by molar-refractivity contribution is 5.88. The van der Waals surface area contributed by atoms with Crippen LogP contribution < -0.4 is 4.90 Å². The second kappa shape index (κ2) is 7.05. The molecular weight excluding hydrogens is 326 g/mol. The maximum atomic E-state index is 12.8. The molecule has 5 heteroatoms. The second-order valence-electron chi connectivity index (χ2n) is 8.74. The average molecular weight is 357 g/mol. The number of piperidine rings is 1. The van der Waals surface area contributed by atoms with E-state index in [1.165, 1.54) is 10.8 Å². The van der Waals surface area contributed by atoms with E-state index in [0.717, 1.165) is 31.8 Å². The summed E-state index contributed by atoms with van der Waals surface area (Å²) in [6.45, 7) is 11.3. The molecule has 0 atom stereocenters. The van der Waals surface area contributed by atoms with E-state index in [0.29, 0.717) is 12.8 Å². The minimum absolute atomic E-state index is 0.103. The minimum atomic E-state index is -0.361. The highest BCUT2D eigenvalue weighted by Crippen LogP contribution is 2.39. The molecule has 0 aromatic heterocycles. The summed E-state index contributed by atoms with van der Waals surface area (Å²) < 4.78 is 0. The smallest absolute Gasteiger partial charge is 0.246 e. The number of piperazine rings is 1. The molecule has 0 saturated carbocycles. The lowest BCUT2D eigenvalue weighted by atomic mass is 9.78. The predicted molar refractivity (Wildman–Crippen MR) is 104 cm³/mol.